The van der Waals surface area contributed by atoms with Crippen molar-refractivity contribution in [2.75, 3.05) is 0 Å². The molecule has 0 unspecified atom stereocenters. The Bertz CT molecular complexity index is 685. The number of H-pyrrole nitrogens is 4. The zero-order valence-electron chi connectivity index (χ0n) is 8.31. The van der Waals surface area contributed by atoms with E-state index in [1.807, 2.05) is 4.98 Å². The van der Waals surface area contributed by atoms with Gasteiger partial charge in [-0.15, -0.1) is 0 Å². The highest BCUT2D eigenvalue weighted by atomic mass is 32.1. The molecule has 2 aromatic heterocycles. The van der Waals surface area contributed by atoms with E-state index in [2.05, 4.69) is 27.2 Å². The van der Waals surface area contributed by atoms with Gasteiger partial charge in [0.05, 0.1) is 6.20 Å². The molecule has 0 fully saturated rings. The molecule has 0 amide bonds. The largest absolute Gasteiger partial charge is 0.502 e. The predicted molar refractivity (Wildman–Crippen MR) is 61.6 cm³/mol. The van der Waals surface area contributed by atoms with E-state index in [0.29, 0.717) is 4.64 Å². The summed E-state index contributed by atoms with van der Waals surface area (Å²) in [5.74, 6) is -0.491. The number of aromatic nitrogens is 4. The maximum Gasteiger partial charge on any atom is 0.325 e. The summed E-state index contributed by atoms with van der Waals surface area (Å²) in [6.45, 7) is 0. The van der Waals surface area contributed by atoms with Crippen LogP contribution >= 0.6 is 12.2 Å². The average molecular weight is 256 g/mol. The summed E-state index contributed by atoms with van der Waals surface area (Å²) in [6.07, 6.45) is 2.43. The quantitative estimate of drug-likeness (QED) is 0.393. The second kappa shape index (κ2) is 5.61. The monoisotopic (exact) mass is 256 g/mol. The molecule has 2 aromatic rings. The zero-order valence-corrected chi connectivity index (χ0v) is 9.13. The van der Waals surface area contributed by atoms with Crippen LogP contribution in [0, 0.1) is 4.64 Å². The molecule has 0 radical (unpaired) electrons. The van der Waals surface area contributed by atoms with Crippen molar-refractivity contribution in [3.8, 4) is 5.75 Å². The fourth-order valence-electron chi connectivity index (χ4n) is 0.785. The van der Waals surface area contributed by atoms with Crippen LogP contribution in [-0.4, -0.2) is 25.0 Å². The molecule has 2 rings (SSSR count). The first-order valence-corrected chi connectivity index (χ1v) is 4.69. The Kier molecular flexibility index (Phi) is 4.17. The molecule has 8 nitrogen and oxygen atoms in total. The van der Waals surface area contributed by atoms with E-state index in [1.54, 1.807) is 6.07 Å². The molecule has 0 aliphatic heterocycles. The molecular formula is C8H8N4O4S. The predicted octanol–water partition coefficient (Wildman–Crippen LogP) is -0.799. The first kappa shape index (κ1) is 12.6. The van der Waals surface area contributed by atoms with Crippen molar-refractivity contribution in [1.82, 2.24) is 19.9 Å². The molecule has 9 heteroatoms. The van der Waals surface area contributed by atoms with Crippen molar-refractivity contribution < 1.29 is 5.11 Å². The van der Waals surface area contributed by atoms with Crippen LogP contribution in [0.25, 0.3) is 0 Å². The van der Waals surface area contributed by atoms with Crippen molar-refractivity contribution in [1.29, 1.82) is 0 Å². The van der Waals surface area contributed by atoms with E-state index >= 15 is 0 Å². The van der Waals surface area contributed by atoms with Crippen LogP contribution in [0.4, 0.5) is 0 Å². The lowest BCUT2D eigenvalue weighted by Crippen LogP contribution is -2.20. The fraction of sp³-hybridized carbons (Fsp3) is 0. The number of aromatic amines is 4. The standard InChI is InChI=1S/C4H4N2O3.C4H4N2OS/c7-2-1-5-4(9)6-3(2)8;7-4-5-2-1-3(8)6-4/h1,7H,(H2,5,6,8,9);1-2H,(H2,5,6,7,8). The Morgan fingerprint density at radius 3 is 2.12 bits per heavy atom. The van der Waals surface area contributed by atoms with Gasteiger partial charge in [-0.1, -0.05) is 12.2 Å². The minimum atomic E-state index is -0.779. The molecule has 2 heterocycles. The number of hydrogen-bond donors (Lipinski definition) is 5. The maximum absolute atomic E-state index is 10.3. The van der Waals surface area contributed by atoms with Gasteiger partial charge < -0.3 is 15.1 Å². The Labute approximate surface area is 98.0 Å². The van der Waals surface area contributed by atoms with Crippen LogP contribution in [0.15, 0.2) is 32.8 Å². The normalized spacial score (nSPS) is 9.18. The van der Waals surface area contributed by atoms with E-state index in [0.717, 1.165) is 6.20 Å². The Morgan fingerprint density at radius 2 is 1.71 bits per heavy atom. The van der Waals surface area contributed by atoms with Crippen molar-refractivity contribution in [3.05, 3.63) is 54.4 Å². The van der Waals surface area contributed by atoms with Crippen LogP contribution < -0.4 is 16.9 Å². The Balaban J connectivity index is 0.000000171. The summed E-state index contributed by atoms with van der Waals surface area (Å²) in [5, 5.41) is 8.53. The molecule has 17 heavy (non-hydrogen) atoms. The van der Waals surface area contributed by atoms with Gasteiger partial charge in [0.1, 0.15) is 4.64 Å². The van der Waals surface area contributed by atoms with E-state index in [1.165, 1.54) is 6.20 Å². The topological polar surface area (TPSA) is 135 Å². The molecule has 0 saturated heterocycles. The lowest BCUT2D eigenvalue weighted by molar-refractivity contribution is 0.462. The SMILES string of the molecule is O=c1[nH]cc(O)c(=O)[nH]1.O=c1[nH]ccc(=S)[nH]1. The number of rotatable bonds is 0. The van der Waals surface area contributed by atoms with Crippen molar-refractivity contribution in [3.63, 3.8) is 0 Å². The summed E-state index contributed by atoms with van der Waals surface area (Å²) in [5.41, 5.74) is -1.67. The molecular weight excluding hydrogens is 248 g/mol. The molecule has 0 aromatic carbocycles. The highest BCUT2D eigenvalue weighted by molar-refractivity contribution is 7.71. The molecule has 5 N–H and O–H groups in total. The number of nitrogens with one attached hydrogen (secondary N) is 4. The second-order valence-corrected chi connectivity index (χ2v) is 3.19. The highest BCUT2D eigenvalue weighted by Gasteiger charge is 1.91. The van der Waals surface area contributed by atoms with Crippen molar-refractivity contribution in [2.45, 2.75) is 0 Å². The van der Waals surface area contributed by atoms with E-state index < -0.39 is 17.0 Å². The minimum Gasteiger partial charge on any atom is -0.502 e. The molecule has 0 aliphatic carbocycles. The van der Waals surface area contributed by atoms with Crippen LogP contribution in [0.1, 0.15) is 0 Å². The molecule has 0 atom stereocenters. The molecule has 0 bridgehead atoms. The number of hydrogen-bond acceptors (Lipinski definition) is 5. The lowest BCUT2D eigenvalue weighted by Gasteiger charge is -1.83. The van der Waals surface area contributed by atoms with Crippen LogP contribution in [-0.2, 0) is 0 Å². The zero-order chi connectivity index (χ0) is 12.8. The smallest absolute Gasteiger partial charge is 0.325 e. The third-order valence-electron chi connectivity index (χ3n) is 1.49. The van der Waals surface area contributed by atoms with Gasteiger partial charge in [-0.2, -0.15) is 0 Å². The van der Waals surface area contributed by atoms with Gasteiger partial charge in [-0.25, -0.2) is 9.59 Å². The van der Waals surface area contributed by atoms with Gasteiger partial charge >= 0.3 is 11.4 Å². The summed E-state index contributed by atoms with van der Waals surface area (Å²) in [7, 11) is 0. The first-order chi connectivity index (χ1) is 7.99. The van der Waals surface area contributed by atoms with Crippen LogP contribution in [0.3, 0.4) is 0 Å². The Hall–Kier alpha value is -2.42. The van der Waals surface area contributed by atoms with Gasteiger partial charge in [0.2, 0.25) is 0 Å². The van der Waals surface area contributed by atoms with Gasteiger partial charge in [0, 0.05) is 6.20 Å². The van der Waals surface area contributed by atoms with Crippen molar-refractivity contribution in [2.24, 2.45) is 0 Å². The van der Waals surface area contributed by atoms with E-state index in [-0.39, 0.29) is 5.69 Å². The summed E-state index contributed by atoms with van der Waals surface area (Å²) < 4.78 is 0.453. The van der Waals surface area contributed by atoms with Crippen LogP contribution in [0.2, 0.25) is 0 Å². The molecule has 0 spiro atoms. The summed E-state index contributed by atoms with van der Waals surface area (Å²) in [6, 6.07) is 1.61. The Morgan fingerprint density at radius 1 is 1.06 bits per heavy atom. The number of aromatic hydroxyl groups is 1. The summed E-state index contributed by atoms with van der Waals surface area (Å²) >= 11 is 4.62. The highest BCUT2D eigenvalue weighted by Crippen LogP contribution is 1.86. The van der Waals surface area contributed by atoms with Crippen LogP contribution in [0.5, 0.6) is 5.75 Å². The van der Waals surface area contributed by atoms with Gasteiger partial charge in [0.15, 0.2) is 5.75 Å². The summed E-state index contributed by atoms with van der Waals surface area (Å²) in [4.78, 5) is 39.5. The lowest BCUT2D eigenvalue weighted by atomic mass is 10.6. The molecule has 0 aliphatic rings. The third-order valence-corrected chi connectivity index (χ3v) is 1.72. The molecule has 90 valence electrons. The minimum absolute atomic E-state index is 0.266. The van der Waals surface area contributed by atoms with Gasteiger partial charge in [-0.3, -0.25) is 14.8 Å². The first-order valence-electron chi connectivity index (χ1n) is 4.28. The van der Waals surface area contributed by atoms with Crippen molar-refractivity contribution >= 4 is 12.2 Å². The fourth-order valence-corrected chi connectivity index (χ4v) is 0.946. The maximum atomic E-state index is 10.3. The van der Waals surface area contributed by atoms with Gasteiger partial charge in [0.25, 0.3) is 5.56 Å². The second-order valence-electron chi connectivity index (χ2n) is 2.75. The van der Waals surface area contributed by atoms with E-state index in [9.17, 15) is 14.4 Å². The van der Waals surface area contributed by atoms with E-state index in [4.69, 9.17) is 5.11 Å². The van der Waals surface area contributed by atoms with Gasteiger partial charge in [-0.05, 0) is 6.07 Å². The average Bonchev–Trinajstić information content (AvgIpc) is 2.24. The third kappa shape index (κ3) is 4.30. The molecule has 0 saturated carbocycles.